The Labute approximate surface area is 156 Å². The number of carboxylic acids is 1. The van der Waals surface area contributed by atoms with Gasteiger partial charge in [0.05, 0.1) is 25.6 Å². The van der Waals surface area contributed by atoms with Crippen LogP contribution in [-0.4, -0.2) is 53.3 Å². The minimum absolute atomic E-state index is 0.0366. The average molecular weight is 381 g/mol. The van der Waals surface area contributed by atoms with Crippen LogP contribution in [0.15, 0.2) is 30.3 Å². The van der Waals surface area contributed by atoms with Crippen LogP contribution in [0, 0.1) is 5.92 Å². The van der Waals surface area contributed by atoms with Gasteiger partial charge in [0, 0.05) is 0 Å². The van der Waals surface area contributed by atoms with Crippen molar-refractivity contribution in [3.05, 3.63) is 35.9 Å². The number of carbonyl (C=O) groups is 4. The van der Waals surface area contributed by atoms with Crippen molar-refractivity contribution < 1.29 is 38.9 Å². The van der Waals surface area contributed by atoms with E-state index >= 15 is 0 Å². The minimum Gasteiger partial charge on any atom is -0.480 e. The highest BCUT2D eigenvalue weighted by molar-refractivity contribution is 5.92. The van der Waals surface area contributed by atoms with E-state index in [9.17, 15) is 29.4 Å². The molecule has 1 rings (SSSR count). The number of aliphatic hydroxyl groups is 1. The highest BCUT2D eigenvalue weighted by Crippen LogP contribution is 2.17. The lowest BCUT2D eigenvalue weighted by Crippen LogP contribution is -2.51. The molecule has 0 aliphatic rings. The van der Waals surface area contributed by atoms with Crippen molar-refractivity contribution in [2.45, 2.75) is 32.4 Å². The zero-order valence-corrected chi connectivity index (χ0v) is 15.1. The summed E-state index contributed by atoms with van der Waals surface area (Å²) >= 11 is 0. The second-order valence-corrected chi connectivity index (χ2v) is 5.51. The van der Waals surface area contributed by atoms with Gasteiger partial charge >= 0.3 is 17.9 Å². The zero-order chi connectivity index (χ0) is 20.4. The maximum atomic E-state index is 12.3. The lowest BCUT2D eigenvalue weighted by molar-refractivity contribution is -0.160. The lowest BCUT2D eigenvalue weighted by atomic mass is 9.95. The highest BCUT2D eigenvalue weighted by Gasteiger charge is 2.39. The Morgan fingerprint density at radius 3 is 2.15 bits per heavy atom. The predicted molar refractivity (Wildman–Crippen MR) is 92.3 cm³/mol. The summed E-state index contributed by atoms with van der Waals surface area (Å²) < 4.78 is 9.57. The number of rotatable bonds is 10. The summed E-state index contributed by atoms with van der Waals surface area (Å²) in [6.07, 6.45) is -2.23. The third kappa shape index (κ3) is 6.70. The molecule has 9 heteroatoms. The van der Waals surface area contributed by atoms with E-state index in [0.717, 1.165) is 0 Å². The molecule has 0 saturated carbocycles. The first kappa shape index (κ1) is 22.1. The average Bonchev–Trinajstić information content (AvgIpc) is 2.64. The van der Waals surface area contributed by atoms with Crippen LogP contribution in [0.25, 0.3) is 0 Å². The van der Waals surface area contributed by atoms with Gasteiger partial charge in [-0.25, -0.2) is 4.79 Å². The van der Waals surface area contributed by atoms with Crippen LogP contribution in [0.3, 0.4) is 0 Å². The molecule has 9 nitrogen and oxygen atoms in total. The second-order valence-electron chi connectivity index (χ2n) is 5.51. The van der Waals surface area contributed by atoms with Crippen molar-refractivity contribution in [1.82, 2.24) is 5.32 Å². The van der Waals surface area contributed by atoms with Crippen LogP contribution >= 0.6 is 0 Å². The fraction of sp³-hybridized carbons (Fsp3) is 0.444. The Kier molecular flexibility index (Phi) is 8.94. The maximum Gasteiger partial charge on any atom is 0.327 e. The van der Waals surface area contributed by atoms with E-state index in [4.69, 9.17) is 9.47 Å². The molecule has 3 N–H and O–H groups in total. The smallest absolute Gasteiger partial charge is 0.327 e. The van der Waals surface area contributed by atoms with Gasteiger partial charge in [-0.2, -0.15) is 0 Å². The Bertz CT molecular complexity index is 661. The lowest BCUT2D eigenvalue weighted by Gasteiger charge is -2.24. The van der Waals surface area contributed by atoms with Crippen LogP contribution < -0.4 is 5.32 Å². The Morgan fingerprint density at radius 2 is 1.63 bits per heavy atom. The molecule has 27 heavy (non-hydrogen) atoms. The van der Waals surface area contributed by atoms with E-state index in [2.05, 4.69) is 5.32 Å². The largest absolute Gasteiger partial charge is 0.480 e. The van der Waals surface area contributed by atoms with Crippen molar-refractivity contribution in [2.24, 2.45) is 5.92 Å². The molecule has 0 heterocycles. The summed E-state index contributed by atoms with van der Waals surface area (Å²) in [5.74, 6) is -5.85. The molecule has 0 bridgehead atoms. The van der Waals surface area contributed by atoms with E-state index in [1.54, 1.807) is 25.1 Å². The molecule has 0 fully saturated rings. The quantitative estimate of drug-likeness (QED) is 0.496. The molecule has 1 amide bonds. The summed E-state index contributed by atoms with van der Waals surface area (Å²) in [6, 6.07) is 6.08. The number of carbonyl (C=O) groups excluding carboxylic acids is 3. The monoisotopic (exact) mass is 381 g/mol. The summed E-state index contributed by atoms with van der Waals surface area (Å²) in [7, 11) is 0. The van der Waals surface area contributed by atoms with Crippen molar-refractivity contribution in [1.29, 1.82) is 0 Å². The van der Waals surface area contributed by atoms with Crippen molar-refractivity contribution in [2.75, 3.05) is 13.2 Å². The molecule has 0 radical (unpaired) electrons. The Morgan fingerprint density at radius 1 is 1.04 bits per heavy atom. The molecule has 3 atom stereocenters. The van der Waals surface area contributed by atoms with Gasteiger partial charge in [0.2, 0.25) is 0 Å². The van der Waals surface area contributed by atoms with E-state index in [-0.39, 0.29) is 18.8 Å². The van der Waals surface area contributed by atoms with Crippen molar-refractivity contribution in [3.63, 3.8) is 0 Å². The number of hydrogen-bond donors (Lipinski definition) is 3. The molecule has 1 aromatic carbocycles. The number of ether oxygens (including phenoxy) is 2. The molecule has 0 aliphatic heterocycles. The van der Waals surface area contributed by atoms with Gasteiger partial charge < -0.3 is 25.0 Å². The number of aliphatic hydroxyl groups excluding tert-OH is 1. The summed E-state index contributed by atoms with van der Waals surface area (Å²) in [6.45, 7) is 3.09. The van der Waals surface area contributed by atoms with Gasteiger partial charge in [0.1, 0.15) is 6.04 Å². The molecule has 0 unspecified atom stereocenters. The van der Waals surface area contributed by atoms with Gasteiger partial charge in [-0.05, 0) is 19.4 Å². The van der Waals surface area contributed by atoms with E-state index in [0.29, 0.717) is 0 Å². The summed E-state index contributed by atoms with van der Waals surface area (Å²) in [5.41, 5.74) is 0.247. The fourth-order valence-corrected chi connectivity index (χ4v) is 2.34. The third-order valence-electron chi connectivity index (χ3n) is 3.61. The number of aliphatic carboxylic acids is 1. The molecule has 0 spiro atoms. The molecule has 148 valence electrons. The van der Waals surface area contributed by atoms with E-state index in [1.165, 1.54) is 19.1 Å². The van der Waals surface area contributed by atoms with E-state index in [1.807, 2.05) is 0 Å². The normalized spacial score (nSPS) is 13.7. The van der Waals surface area contributed by atoms with Gasteiger partial charge in [0.15, 0.2) is 6.10 Å². The van der Waals surface area contributed by atoms with Crippen LogP contribution in [-0.2, 0) is 28.7 Å². The number of esters is 2. The first-order chi connectivity index (χ1) is 12.8. The summed E-state index contributed by atoms with van der Waals surface area (Å²) in [5, 5.41) is 21.6. The molecule has 1 aromatic rings. The van der Waals surface area contributed by atoms with Gasteiger partial charge in [0.25, 0.3) is 5.91 Å². The second kappa shape index (κ2) is 10.9. The molecule has 0 aliphatic carbocycles. The molecular formula is C18H23NO8. The van der Waals surface area contributed by atoms with Crippen LogP contribution in [0.1, 0.15) is 31.9 Å². The SMILES string of the molecule is CCOC(=O)C[C@@H](C(=O)OCC)[C@H](NC(=O)[C@@H](O)c1ccccc1)C(=O)O. The third-order valence-corrected chi connectivity index (χ3v) is 3.61. The number of nitrogens with one attached hydrogen (secondary N) is 1. The van der Waals surface area contributed by atoms with Gasteiger partial charge in [-0.15, -0.1) is 0 Å². The first-order valence-corrected chi connectivity index (χ1v) is 8.40. The Hall–Kier alpha value is -2.94. The first-order valence-electron chi connectivity index (χ1n) is 8.40. The standard InChI is InChI=1S/C18H23NO8/c1-3-26-13(20)10-12(18(25)27-4-2)14(17(23)24)19-16(22)15(21)11-8-6-5-7-9-11/h5-9,12,14-15,21H,3-4,10H2,1-2H3,(H,19,22)(H,23,24)/t12-,14+,15+/m1/s1. The minimum atomic E-state index is -1.78. The van der Waals surface area contributed by atoms with E-state index < -0.39 is 48.3 Å². The number of hydrogen-bond acceptors (Lipinski definition) is 7. The number of amides is 1. The molecular weight excluding hydrogens is 358 g/mol. The van der Waals surface area contributed by atoms with Crippen LogP contribution in [0.4, 0.5) is 0 Å². The molecule has 0 saturated heterocycles. The topological polar surface area (TPSA) is 139 Å². The van der Waals surface area contributed by atoms with Gasteiger partial charge in [-0.1, -0.05) is 30.3 Å². The maximum absolute atomic E-state index is 12.3. The number of benzene rings is 1. The van der Waals surface area contributed by atoms with Crippen LogP contribution in [0.5, 0.6) is 0 Å². The zero-order valence-electron chi connectivity index (χ0n) is 15.1. The summed E-state index contributed by atoms with van der Waals surface area (Å²) in [4.78, 5) is 47.8. The van der Waals surface area contributed by atoms with Crippen molar-refractivity contribution in [3.8, 4) is 0 Å². The van der Waals surface area contributed by atoms with Crippen LogP contribution in [0.2, 0.25) is 0 Å². The fourth-order valence-electron chi connectivity index (χ4n) is 2.34. The Balaban J connectivity index is 3.01. The van der Waals surface area contributed by atoms with Gasteiger partial charge in [-0.3, -0.25) is 14.4 Å². The predicted octanol–water partition coefficient (Wildman–Crippen LogP) is 0.422. The molecule has 0 aromatic heterocycles. The van der Waals surface area contributed by atoms with Crippen molar-refractivity contribution >= 4 is 23.8 Å². The number of carboxylic acid groups (broad SMARTS) is 1. The highest BCUT2D eigenvalue weighted by atomic mass is 16.5.